The van der Waals surface area contributed by atoms with Crippen LogP contribution >= 0.6 is 0 Å². The lowest BCUT2D eigenvalue weighted by molar-refractivity contribution is 0.133. The zero-order valence-electron chi connectivity index (χ0n) is 9.98. The quantitative estimate of drug-likeness (QED) is 0.322. The zero-order chi connectivity index (χ0) is 11.4. The molecule has 0 aromatic rings. The molecule has 1 rings (SSSR count). The number of likely N-dealkylation sites (tertiary alicyclic amines) is 1. The summed E-state index contributed by atoms with van der Waals surface area (Å²) in [5, 5.41) is 11.6. The second-order valence-corrected chi connectivity index (χ2v) is 5.09. The van der Waals surface area contributed by atoms with Crippen molar-refractivity contribution in [1.82, 2.24) is 4.90 Å². The molecular formula is C11H23N3O. The summed E-state index contributed by atoms with van der Waals surface area (Å²) in [6.45, 7) is 9.73. The first-order valence-electron chi connectivity index (χ1n) is 5.72. The van der Waals surface area contributed by atoms with Gasteiger partial charge in [0.2, 0.25) is 0 Å². The Bertz CT molecular complexity index is 220. The fraction of sp³-hybridized carbons (Fsp3) is 0.909. The molecule has 1 heterocycles. The van der Waals surface area contributed by atoms with E-state index in [9.17, 15) is 0 Å². The van der Waals surface area contributed by atoms with Gasteiger partial charge >= 0.3 is 0 Å². The minimum Gasteiger partial charge on any atom is -0.409 e. The highest BCUT2D eigenvalue weighted by atomic mass is 16.4. The molecule has 3 N–H and O–H groups in total. The number of nitrogens with zero attached hydrogens (tertiary/aromatic N) is 2. The molecule has 0 saturated carbocycles. The van der Waals surface area contributed by atoms with E-state index in [-0.39, 0.29) is 5.92 Å². The first-order chi connectivity index (χ1) is 7.02. The predicted molar refractivity (Wildman–Crippen MR) is 62.0 cm³/mol. The normalized spacial score (nSPS) is 31.5. The summed E-state index contributed by atoms with van der Waals surface area (Å²) in [5.74, 6) is 1.98. The van der Waals surface area contributed by atoms with Crippen LogP contribution in [0.3, 0.4) is 0 Å². The number of nitrogens with two attached hydrogens (primary N) is 1. The lowest BCUT2D eigenvalue weighted by Gasteiger charge is -2.36. The molecule has 0 bridgehead atoms. The lowest BCUT2D eigenvalue weighted by atomic mass is 9.91. The van der Waals surface area contributed by atoms with Crippen molar-refractivity contribution in [3.8, 4) is 0 Å². The SMILES string of the molecule is CC1CC(C)CN(CC(C)/C(N)=N/O)C1. The van der Waals surface area contributed by atoms with E-state index >= 15 is 0 Å². The maximum atomic E-state index is 8.58. The molecule has 0 radical (unpaired) electrons. The maximum absolute atomic E-state index is 8.58. The molecule has 15 heavy (non-hydrogen) atoms. The first kappa shape index (κ1) is 12.3. The molecule has 0 aromatic carbocycles. The van der Waals surface area contributed by atoms with Crippen LogP contribution in [0.15, 0.2) is 5.16 Å². The second kappa shape index (κ2) is 5.35. The topological polar surface area (TPSA) is 61.8 Å². The average molecular weight is 213 g/mol. The van der Waals surface area contributed by atoms with Gasteiger partial charge < -0.3 is 15.8 Å². The van der Waals surface area contributed by atoms with Crippen LogP contribution in [0, 0.1) is 17.8 Å². The zero-order valence-corrected chi connectivity index (χ0v) is 9.98. The Morgan fingerprint density at radius 1 is 1.47 bits per heavy atom. The van der Waals surface area contributed by atoms with E-state index in [0.717, 1.165) is 31.5 Å². The van der Waals surface area contributed by atoms with Gasteiger partial charge in [-0.25, -0.2) is 0 Å². The number of piperidine rings is 1. The van der Waals surface area contributed by atoms with Crippen molar-refractivity contribution in [3.05, 3.63) is 0 Å². The lowest BCUT2D eigenvalue weighted by Crippen LogP contribution is -2.43. The fourth-order valence-electron chi connectivity index (χ4n) is 2.52. The van der Waals surface area contributed by atoms with Crippen molar-refractivity contribution < 1.29 is 5.21 Å². The van der Waals surface area contributed by atoms with Crippen molar-refractivity contribution in [2.24, 2.45) is 28.6 Å². The molecule has 1 saturated heterocycles. The number of oxime groups is 1. The molecule has 4 heteroatoms. The van der Waals surface area contributed by atoms with Gasteiger partial charge in [0, 0.05) is 25.6 Å². The van der Waals surface area contributed by atoms with E-state index in [1.54, 1.807) is 0 Å². The summed E-state index contributed by atoms with van der Waals surface area (Å²) in [6.07, 6.45) is 1.31. The molecule has 0 aliphatic carbocycles. The Morgan fingerprint density at radius 3 is 2.47 bits per heavy atom. The third-order valence-corrected chi connectivity index (χ3v) is 3.10. The summed E-state index contributed by atoms with van der Waals surface area (Å²) in [5.41, 5.74) is 5.58. The number of hydrogen-bond donors (Lipinski definition) is 2. The molecule has 1 fully saturated rings. The van der Waals surface area contributed by atoms with Gasteiger partial charge in [-0.15, -0.1) is 0 Å². The molecule has 1 aliphatic rings. The molecule has 88 valence electrons. The van der Waals surface area contributed by atoms with Crippen molar-refractivity contribution in [2.75, 3.05) is 19.6 Å². The summed E-state index contributed by atoms with van der Waals surface area (Å²) < 4.78 is 0. The Morgan fingerprint density at radius 2 is 2.00 bits per heavy atom. The fourth-order valence-corrected chi connectivity index (χ4v) is 2.52. The smallest absolute Gasteiger partial charge is 0.143 e. The molecule has 1 aliphatic heterocycles. The Labute approximate surface area is 92.1 Å². The van der Waals surface area contributed by atoms with Crippen LogP contribution in [-0.4, -0.2) is 35.6 Å². The highest BCUT2D eigenvalue weighted by molar-refractivity contribution is 5.82. The van der Waals surface area contributed by atoms with E-state index in [4.69, 9.17) is 10.9 Å². The van der Waals surface area contributed by atoms with Crippen LogP contribution in [0.2, 0.25) is 0 Å². The first-order valence-corrected chi connectivity index (χ1v) is 5.72. The highest BCUT2D eigenvalue weighted by Crippen LogP contribution is 2.21. The van der Waals surface area contributed by atoms with Crippen LogP contribution < -0.4 is 5.73 Å². The molecule has 0 amide bonds. The van der Waals surface area contributed by atoms with Gasteiger partial charge in [0.1, 0.15) is 5.84 Å². The molecule has 0 aromatic heterocycles. The van der Waals surface area contributed by atoms with Crippen LogP contribution in [0.25, 0.3) is 0 Å². The minimum atomic E-state index is 0.132. The van der Waals surface area contributed by atoms with E-state index in [2.05, 4.69) is 23.9 Å². The third kappa shape index (κ3) is 3.70. The van der Waals surface area contributed by atoms with E-state index in [1.807, 2.05) is 6.92 Å². The van der Waals surface area contributed by atoms with Crippen molar-refractivity contribution in [3.63, 3.8) is 0 Å². The van der Waals surface area contributed by atoms with E-state index in [0.29, 0.717) is 5.84 Å². The summed E-state index contributed by atoms with van der Waals surface area (Å²) in [6, 6.07) is 0. The van der Waals surface area contributed by atoms with Crippen molar-refractivity contribution >= 4 is 5.84 Å². The third-order valence-electron chi connectivity index (χ3n) is 3.10. The summed E-state index contributed by atoms with van der Waals surface area (Å²) in [4.78, 5) is 2.42. The monoisotopic (exact) mass is 213 g/mol. The number of amidine groups is 1. The highest BCUT2D eigenvalue weighted by Gasteiger charge is 2.23. The molecule has 3 atom stereocenters. The van der Waals surface area contributed by atoms with Crippen molar-refractivity contribution in [2.45, 2.75) is 27.2 Å². The van der Waals surface area contributed by atoms with Gasteiger partial charge in [-0.1, -0.05) is 25.9 Å². The van der Waals surface area contributed by atoms with Gasteiger partial charge in [-0.2, -0.15) is 0 Å². The van der Waals surface area contributed by atoms with Crippen LogP contribution in [0.5, 0.6) is 0 Å². The van der Waals surface area contributed by atoms with Crippen LogP contribution in [0.4, 0.5) is 0 Å². The molecular weight excluding hydrogens is 190 g/mol. The van der Waals surface area contributed by atoms with E-state index in [1.165, 1.54) is 6.42 Å². The largest absolute Gasteiger partial charge is 0.409 e. The number of hydrogen-bond acceptors (Lipinski definition) is 3. The standard InChI is InChI=1S/C11H23N3O/c1-8-4-9(2)6-14(5-8)7-10(3)11(12)13-15/h8-10,15H,4-7H2,1-3H3,(H2,12,13). The second-order valence-electron chi connectivity index (χ2n) is 5.09. The van der Waals surface area contributed by atoms with E-state index < -0.39 is 0 Å². The van der Waals surface area contributed by atoms with Gasteiger partial charge in [0.05, 0.1) is 0 Å². The summed E-state index contributed by atoms with van der Waals surface area (Å²) in [7, 11) is 0. The summed E-state index contributed by atoms with van der Waals surface area (Å²) >= 11 is 0. The Hall–Kier alpha value is -0.770. The Kier molecular flexibility index (Phi) is 4.39. The molecule has 4 nitrogen and oxygen atoms in total. The van der Waals surface area contributed by atoms with Gasteiger partial charge in [0.25, 0.3) is 0 Å². The van der Waals surface area contributed by atoms with Crippen LogP contribution in [-0.2, 0) is 0 Å². The average Bonchev–Trinajstić information content (AvgIpc) is 2.14. The van der Waals surface area contributed by atoms with Gasteiger partial charge in [-0.05, 0) is 18.3 Å². The molecule has 0 spiro atoms. The Balaban J connectivity index is 2.44. The number of rotatable bonds is 3. The van der Waals surface area contributed by atoms with Crippen LogP contribution in [0.1, 0.15) is 27.2 Å². The van der Waals surface area contributed by atoms with Gasteiger partial charge in [-0.3, -0.25) is 0 Å². The minimum absolute atomic E-state index is 0.132. The van der Waals surface area contributed by atoms with Gasteiger partial charge in [0.15, 0.2) is 0 Å². The molecule has 3 unspecified atom stereocenters. The van der Waals surface area contributed by atoms with Crippen molar-refractivity contribution in [1.29, 1.82) is 0 Å². The predicted octanol–water partition coefficient (Wildman–Crippen LogP) is 1.35. The maximum Gasteiger partial charge on any atom is 0.143 e.